The Morgan fingerprint density at radius 2 is 2.00 bits per heavy atom. The molecule has 2 N–H and O–H groups in total. The van der Waals surface area contributed by atoms with E-state index in [0.29, 0.717) is 6.54 Å². The quantitative estimate of drug-likeness (QED) is 0.641. The van der Waals surface area contributed by atoms with Crippen molar-refractivity contribution in [2.75, 3.05) is 5.32 Å². The number of H-pyrrole nitrogens is 1. The molecule has 0 aliphatic carbocycles. The van der Waals surface area contributed by atoms with Gasteiger partial charge in [0.1, 0.15) is 0 Å². The number of rotatable bonds is 3. The summed E-state index contributed by atoms with van der Waals surface area (Å²) < 4.78 is 1.10. The van der Waals surface area contributed by atoms with Gasteiger partial charge in [-0.2, -0.15) is 0 Å². The van der Waals surface area contributed by atoms with E-state index in [2.05, 4.69) is 51.4 Å². The molecule has 20 heavy (non-hydrogen) atoms. The minimum atomic E-state index is 0.670. The Morgan fingerprint density at radius 1 is 1.20 bits per heavy atom. The lowest BCUT2D eigenvalue weighted by molar-refractivity contribution is 1.08. The largest absolute Gasteiger partial charge is 0.379 e. The topological polar surface area (TPSA) is 27.8 Å². The molecule has 0 aliphatic heterocycles. The molecule has 0 saturated heterocycles. The summed E-state index contributed by atoms with van der Waals surface area (Å²) >= 11 is 9.94. The average molecular weight is 350 g/mol. The average Bonchev–Trinajstić information content (AvgIpc) is 2.77. The van der Waals surface area contributed by atoms with Gasteiger partial charge in [-0.05, 0) is 30.7 Å². The molecule has 0 radical (unpaired) electrons. The van der Waals surface area contributed by atoms with Crippen LogP contribution in [0.15, 0.2) is 46.9 Å². The smallest absolute Gasteiger partial charge is 0.0710 e. The van der Waals surface area contributed by atoms with E-state index in [0.717, 1.165) is 31.8 Å². The summed E-state index contributed by atoms with van der Waals surface area (Å²) in [4.78, 5) is 3.35. The van der Waals surface area contributed by atoms with Gasteiger partial charge in [0.2, 0.25) is 0 Å². The number of benzene rings is 2. The number of aromatic nitrogens is 1. The predicted molar refractivity (Wildman–Crippen MR) is 89.5 cm³/mol. The number of hydrogen-bond donors (Lipinski definition) is 2. The van der Waals surface area contributed by atoms with Gasteiger partial charge in [0, 0.05) is 21.1 Å². The summed E-state index contributed by atoms with van der Waals surface area (Å²) in [5.74, 6) is 0. The second-order valence-electron chi connectivity index (χ2n) is 4.78. The zero-order valence-electron chi connectivity index (χ0n) is 11.0. The fourth-order valence-electron chi connectivity index (χ4n) is 2.18. The summed E-state index contributed by atoms with van der Waals surface area (Å²) in [6.45, 7) is 2.74. The highest BCUT2D eigenvalue weighted by molar-refractivity contribution is 9.10. The van der Waals surface area contributed by atoms with Crippen LogP contribution in [0.5, 0.6) is 0 Å². The molecular formula is C16H14BrClN2. The number of aromatic amines is 1. The Labute approximate surface area is 131 Å². The van der Waals surface area contributed by atoms with Crippen molar-refractivity contribution in [3.05, 3.63) is 63.2 Å². The van der Waals surface area contributed by atoms with Crippen LogP contribution in [-0.4, -0.2) is 4.98 Å². The van der Waals surface area contributed by atoms with Crippen molar-refractivity contribution >= 4 is 44.1 Å². The number of para-hydroxylation sites is 1. The highest BCUT2D eigenvalue weighted by Gasteiger charge is 2.08. The Bertz CT molecular complexity index is 764. The fraction of sp³-hybridized carbons (Fsp3) is 0.125. The van der Waals surface area contributed by atoms with Crippen molar-refractivity contribution < 1.29 is 0 Å². The third kappa shape index (κ3) is 2.56. The number of anilines is 1. The minimum absolute atomic E-state index is 0.670. The summed E-state index contributed by atoms with van der Waals surface area (Å²) in [6, 6.07) is 14.3. The molecule has 4 heteroatoms. The molecule has 3 aromatic rings. The van der Waals surface area contributed by atoms with E-state index in [4.69, 9.17) is 11.6 Å². The summed E-state index contributed by atoms with van der Waals surface area (Å²) in [5, 5.41) is 5.24. The molecule has 0 aliphatic rings. The Hall–Kier alpha value is -1.45. The summed E-state index contributed by atoms with van der Waals surface area (Å²) in [7, 11) is 0. The van der Waals surface area contributed by atoms with E-state index in [1.807, 2.05) is 24.3 Å². The lowest BCUT2D eigenvalue weighted by Gasteiger charge is -2.07. The lowest BCUT2D eigenvalue weighted by atomic mass is 10.2. The van der Waals surface area contributed by atoms with Crippen molar-refractivity contribution in [3.8, 4) is 0 Å². The maximum Gasteiger partial charge on any atom is 0.0710 e. The lowest BCUT2D eigenvalue weighted by Crippen LogP contribution is -2.00. The Kier molecular flexibility index (Phi) is 3.72. The summed E-state index contributed by atoms with van der Waals surface area (Å²) in [5.41, 5.74) is 4.36. The van der Waals surface area contributed by atoms with Gasteiger partial charge in [-0.1, -0.05) is 51.8 Å². The van der Waals surface area contributed by atoms with E-state index in [1.54, 1.807) is 0 Å². The van der Waals surface area contributed by atoms with Crippen LogP contribution in [0.2, 0.25) is 5.02 Å². The first-order chi connectivity index (χ1) is 9.65. The van der Waals surface area contributed by atoms with Gasteiger partial charge in [-0.15, -0.1) is 0 Å². The van der Waals surface area contributed by atoms with Crippen molar-refractivity contribution in [1.29, 1.82) is 0 Å². The van der Waals surface area contributed by atoms with Gasteiger partial charge < -0.3 is 10.3 Å². The number of hydrogen-bond acceptors (Lipinski definition) is 1. The highest BCUT2D eigenvalue weighted by atomic mass is 79.9. The maximum absolute atomic E-state index is 6.40. The van der Waals surface area contributed by atoms with E-state index in [1.165, 1.54) is 5.56 Å². The molecule has 0 saturated carbocycles. The summed E-state index contributed by atoms with van der Waals surface area (Å²) in [6.07, 6.45) is 0. The van der Waals surface area contributed by atoms with Gasteiger partial charge in [0.25, 0.3) is 0 Å². The van der Waals surface area contributed by atoms with Gasteiger partial charge >= 0.3 is 0 Å². The third-order valence-electron chi connectivity index (χ3n) is 3.36. The van der Waals surface area contributed by atoms with Crippen molar-refractivity contribution in [1.82, 2.24) is 4.98 Å². The number of halogens is 2. The second kappa shape index (κ2) is 5.51. The van der Waals surface area contributed by atoms with Crippen LogP contribution in [0, 0.1) is 6.92 Å². The SMILES string of the molecule is Cc1ccc(NCc2[nH]c3ccccc3c2Cl)cc1Br. The van der Waals surface area contributed by atoms with Crippen LogP contribution in [0.25, 0.3) is 10.9 Å². The first-order valence-corrected chi connectivity index (χ1v) is 7.57. The first kappa shape index (κ1) is 13.5. The van der Waals surface area contributed by atoms with Gasteiger partial charge in [-0.25, -0.2) is 0 Å². The molecule has 2 nitrogen and oxygen atoms in total. The van der Waals surface area contributed by atoms with Gasteiger partial charge in [-0.3, -0.25) is 0 Å². The molecule has 0 fully saturated rings. The molecule has 0 spiro atoms. The monoisotopic (exact) mass is 348 g/mol. The highest BCUT2D eigenvalue weighted by Crippen LogP contribution is 2.28. The van der Waals surface area contributed by atoms with Crippen molar-refractivity contribution in [2.24, 2.45) is 0 Å². The van der Waals surface area contributed by atoms with Crippen LogP contribution in [0.1, 0.15) is 11.3 Å². The molecule has 0 unspecified atom stereocenters. The van der Waals surface area contributed by atoms with Crippen LogP contribution in [0.4, 0.5) is 5.69 Å². The molecule has 0 amide bonds. The maximum atomic E-state index is 6.40. The number of nitrogens with one attached hydrogen (secondary N) is 2. The van der Waals surface area contributed by atoms with Crippen LogP contribution < -0.4 is 5.32 Å². The second-order valence-corrected chi connectivity index (χ2v) is 6.01. The fourth-order valence-corrected chi connectivity index (χ4v) is 2.84. The zero-order chi connectivity index (χ0) is 14.1. The molecule has 1 aromatic heterocycles. The van der Waals surface area contributed by atoms with E-state index < -0.39 is 0 Å². The Morgan fingerprint density at radius 3 is 2.75 bits per heavy atom. The molecule has 102 valence electrons. The van der Waals surface area contributed by atoms with Gasteiger partial charge in [0.05, 0.1) is 17.3 Å². The molecular weight excluding hydrogens is 336 g/mol. The van der Waals surface area contributed by atoms with E-state index in [9.17, 15) is 0 Å². The van der Waals surface area contributed by atoms with E-state index >= 15 is 0 Å². The molecule has 0 atom stereocenters. The molecule has 3 rings (SSSR count). The number of fused-ring (bicyclic) bond motifs is 1. The predicted octanol–water partition coefficient (Wildman–Crippen LogP) is 5.50. The van der Waals surface area contributed by atoms with Crippen molar-refractivity contribution in [3.63, 3.8) is 0 Å². The minimum Gasteiger partial charge on any atom is -0.379 e. The molecule has 2 aromatic carbocycles. The molecule has 1 heterocycles. The van der Waals surface area contributed by atoms with Crippen LogP contribution >= 0.6 is 27.5 Å². The molecule has 0 bridgehead atoms. The normalized spacial score (nSPS) is 10.9. The van der Waals surface area contributed by atoms with Crippen LogP contribution in [0.3, 0.4) is 0 Å². The van der Waals surface area contributed by atoms with E-state index in [-0.39, 0.29) is 0 Å². The first-order valence-electron chi connectivity index (χ1n) is 6.40. The third-order valence-corrected chi connectivity index (χ3v) is 4.64. The van der Waals surface area contributed by atoms with Crippen LogP contribution in [-0.2, 0) is 6.54 Å². The van der Waals surface area contributed by atoms with Crippen molar-refractivity contribution in [2.45, 2.75) is 13.5 Å². The zero-order valence-corrected chi connectivity index (χ0v) is 13.3. The number of aryl methyl sites for hydroxylation is 1. The Balaban J connectivity index is 1.83. The standard InChI is InChI=1S/C16H14BrClN2/c1-10-6-7-11(8-13(10)17)19-9-15-16(18)12-4-2-3-5-14(12)20-15/h2-8,19-20H,9H2,1H3. The van der Waals surface area contributed by atoms with Gasteiger partial charge in [0.15, 0.2) is 0 Å².